The number of amides is 2. The number of carbonyl (C=O) groups excluding carboxylic acids is 2. The van der Waals surface area contributed by atoms with Crippen molar-refractivity contribution in [1.82, 2.24) is 9.80 Å². The summed E-state index contributed by atoms with van der Waals surface area (Å²) >= 11 is 0. The van der Waals surface area contributed by atoms with Crippen molar-refractivity contribution in [3.63, 3.8) is 0 Å². The van der Waals surface area contributed by atoms with Crippen LogP contribution in [0.5, 0.6) is 0 Å². The lowest BCUT2D eigenvalue weighted by molar-refractivity contribution is 0.00578. The second-order valence-electron chi connectivity index (χ2n) is 14.7. The molecule has 0 aromatic heterocycles. The van der Waals surface area contributed by atoms with Gasteiger partial charge in [-0.15, -0.1) is 0 Å². The molecule has 10 heteroatoms. The van der Waals surface area contributed by atoms with E-state index in [1.54, 1.807) is 4.90 Å². The van der Waals surface area contributed by atoms with E-state index in [9.17, 15) is 9.59 Å². The van der Waals surface area contributed by atoms with Gasteiger partial charge in [-0.3, -0.25) is 10.2 Å². The van der Waals surface area contributed by atoms with Crippen molar-refractivity contribution in [2.24, 2.45) is 0 Å². The summed E-state index contributed by atoms with van der Waals surface area (Å²) in [5.41, 5.74) is 5.65. The maximum absolute atomic E-state index is 13.2. The number of hydrogen-bond donors (Lipinski definition) is 1. The Bertz CT molecular complexity index is 1580. The van der Waals surface area contributed by atoms with E-state index in [2.05, 4.69) is 52.7 Å². The summed E-state index contributed by atoms with van der Waals surface area (Å²) in [6.07, 6.45) is -0.802. The number of rotatable bonds is 6. The number of anilines is 1. The minimum Gasteiger partial charge on any atom is -0.448 e. The zero-order valence-electron chi connectivity index (χ0n) is 28.6. The summed E-state index contributed by atoms with van der Waals surface area (Å²) < 4.78 is 24.1. The smallest absolute Gasteiger partial charge is 0.448 e. The summed E-state index contributed by atoms with van der Waals surface area (Å²) in [6.45, 7) is 17.1. The van der Waals surface area contributed by atoms with Gasteiger partial charge in [-0.25, -0.2) is 9.59 Å². The van der Waals surface area contributed by atoms with Gasteiger partial charge in [0.15, 0.2) is 0 Å². The lowest BCUT2D eigenvalue weighted by Gasteiger charge is -2.34. The highest BCUT2D eigenvalue weighted by Gasteiger charge is 2.51. The van der Waals surface area contributed by atoms with Crippen LogP contribution in [0.2, 0.25) is 0 Å². The average molecular weight is 640 g/mol. The largest absolute Gasteiger partial charge is 0.494 e. The molecule has 9 nitrogen and oxygen atoms in total. The van der Waals surface area contributed by atoms with E-state index in [1.165, 1.54) is 22.3 Å². The third kappa shape index (κ3) is 7.20. The van der Waals surface area contributed by atoms with Crippen LogP contribution in [-0.2, 0) is 25.3 Å². The second-order valence-corrected chi connectivity index (χ2v) is 14.7. The molecule has 2 amide bonds. The molecule has 2 saturated heterocycles. The molecule has 2 aliphatic heterocycles. The van der Waals surface area contributed by atoms with E-state index < -0.39 is 30.0 Å². The Kier molecular flexibility index (Phi) is 8.89. The number of piperazine rings is 1. The monoisotopic (exact) mass is 639 g/mol. The fourth-order valence-corrected chi connectivity index (χ4v) is 6.45. The lowest BCUT2D eigenvalue weighted by Crippen LogP contribution is -2.48. The number of carbonyl (C=O) groups is 2. The molecule has 1 N–H and O–H groups in total. The molecule has 0 spiro atoms. The van der Waals surface area contributed by atoms with Crippen molar-refractivity contribution in [1.29, 1.82) is 0 Å². The maximum atomic E-state index is 13.2. The Morgan fingerprint density at radius 1 is 0.872 bits per heavy atom. The zero-order valence-corrected chi connectivity index (χ0v) is 28.6. The molecular weight excluding hydrogens is 593 g/mol. The molecule has 3 aromatic carbocycles. The van der Waals surface area contributed by atoms with Gasteiger partial charge in [0.2, 0.25) is 0 Å². The number of nitrogens with zero attached hydrogens (tertiary/aromatic N) is 2. The number of hydrogen-bond acceptors (Lipinski definition) is 7. The Morgan fingerprint density at radius 2 is 1.45 bits per heavy atom. The van der Waals surface area contributed by atoms with Crippen molar-refractivity contribution < 1.29 is 28.4 Å². The molecule has 47 heavy (non-hydrogen) atoms. The van der Waals surface area contributed by atoms with Gasteiger partial charge in [-0.05, 0) is 93.9 Å². The predicted octanol–water partition coefficient (Wildman–Crippen LogP) is 6.40. The summed E-state index contributed by atoms with van der Waals surface area (Å²) in [5.74, 6) is 0.0346. The minimum absolute atomic E-state index is 0.0346. The normalized spacial score (nSPS) is 18.9. The van der Waals surface area contributed by atoms with Gasteiger partial charge >= 0.3 is 19.3 Å². The van der Waals surface area contributed by atoms with Gasteiger partial charge in [-0.1, -0.05) is 54.6 Å². The molecule has 1 aliphatic carbocycles. The van der Waals surface area contributed by atoms with Crippen LogP contribution in [0.15, 0.2) is 66.7 Å². The van der Waals surface area contributed by atoms with Crippen molar-refractivity contribution in [2.45, 2.75) is 77.7 Å². The first kappa shape index (κ1) is 33.1. The highest BCUT2D eigenvalue weighted by atomic mass is 16.7. The van der Waals surface area contributed by atoms with Gasteiger partial charge < -0.3 is 23.7 Å². The zero-order chi connectivity index (χ0) is 33.6. The number of benzene rings is 3. The molecule has 2 heterocycles. The van der Waals surface area contributed by atoms with Gasteiger partial charge in [0.1, 0.15) is 12.2 Å². The van der Waals surface area contributed by atoms with Crippen LogP contribution in [0.1, 0.15) is 71.1 Å². The molecule has 6 rings (SSSR count). The van der Waals surface area contributed by atoms with Gasteiger partial charge in [0, 0.05) is 44.3 Å². The summed E-state index contributed by atoms with van der Waals surface area (Å²) in [4.78, 5) is 30.0. The number of fused-ring (bicyclic) bond motifs is 3. The number of nitrogens with one attached hydrogen (secondary N) is 1. The Hall–Kier alpha value is -3.86. The van der Waals surface area contributed by atoms with E-state index in [-0.39, 0.29) is 12.0 Å². The molecule has 0 atom stereocenters. The highest BCUT2D eigenvalue weighted by molar-refractivity contribution is 6.62. The predicted molar refractivity (Wildman–Crippen MR) is 184 cm³/mol. The van der Waals surface area contributed by atoms with Crippen LogP contribution >= 0.6 is 0 Å². The minimum atomic E-state index is -0.622. The molecule has 3 aromatic rings. The van der Waals surface area contributed by atoms with Crippen LogP contribution in [-0.4, -0.2) is 78.7 Å². The van der Waals surface area contributed by atoms with E-state index in [0.29, 0.717) is 45.0 Å². The van der Waals surface area contributed by atoms with E-state index in [1.807, 2.05) is 72.7 Å². The van der Waals surface area contributed by atoms with Crippen LogP contribution in [0.25, 0.3) is 11.1 Å². The van der Waals surface area contributed by atoms with Crippen molar-refractivity contribution >= 4 is 30.5 Å². The summed E-state index contributed by atoms with van der Waals surface area (Å²) in [5, 5.41) is 2.89. The standard InChI is InChI=1S/C37H46BN3O6/c1-35(2,3)45-33(42)39-27-21-25(20-26(22-27)38-46-36(4,5)37(6,7)47-38)23-40-16-18-41(19-17-40)34(43)44-24-32-30-14-10-8-12-28(30)29-13-9-11-15-31(29)32/h8-15,20-22,32H,16-19,23-24H2,1-7H3,(H,39,42). The molecule has 0 saturated carbocycles. The Balaban J connectivity index is 1.09. The summed E-state index contributed by atoms with van der Waals surface area (Å²) in [7, 11) is -0.579. The van der Waals surface area contributed by atoms with Gasteiger partial charge in [-0.2, -0.15) is 0 Å². The summed E-state index contributed by atoms with van der Waals surface area (Å²) in [6, 6.07) is 22.6. The number of ether oxygens (including phenoxy) is 2. The lowest BCUT2D eigenvalue weighted by atomic mass is 9.78. The molecule has 3 aliphatic rings. The third-order valence-corrected chi connectivity index (χ3v) is 9.56. The van der Waals surface area contributed by atoms with Crippen molar-refractivity contribution in [3.8, 4) is 11.1 Å². The van der Waals surface area contributed by atoms with Gasteiger partial charge in [0.25, 0.3) is 0 Å². The van der Waals surface area contributed by atoms with E-state index in [4.69, 9.17) is 18.8 Å². The molecular formula is C37H46BN3O6. The van der Waals surface area contributed by atoms with E-state index in [0.717, 1.165) is 11.0 Å². The third-order valence-electron chi connectivity index (χ3n) is 9.56. The van der Waals surface area contributed by atoms with Crippen LogP contribution in [0.4, 0.5) is 15.3 Å². The SMILES string of the molecule is CC(C)(C)OC(=O)Nc1cc(CN2CCN(C(=O)OCC3c4ccccc4-c4ccccc43)CC2)cc(B2OC(C)(C)C(C)(C)O2)c1. The molecule has 0 bridgehead atoms. The van der Waals surface area contributed by atoms with Gasteiger partial charge in [0.05, 0.1) is 11.2 Å². The molecule has 248 valence electrons. The fourth-order valence-electron chi connectivity index (χ4n) is 6.45. The van der Waals surface area contributed by atoms with E-state index >= 15 is 0 Å². The van der Waals surface area contributed by atoms with Crippen LogP contribution in [0.3, 0.4) is 0 Å². The first-order chi connectivity index (χ1) is 22.2. The van der Waals surface area contributed by atoms with Crippen LogP contribution in [0, 0.1) is 0 Å². The topological polar surface area (TPSA) is 89.6 Å². The quantitative estimate of drug-likeness (QED) is 0.313. The molecule has 0 unspecified atom stereocenters. The van der Waals surface area contributed by atoms with Crippen molar-refractivity contribution in [3.05, 3.63) is 83.4 Å². The van der Waals surface area contributed by atoms with Crippen LogP contribution < -0.4 is 10.8 Å². The maximum Gasteiger partial charge on any atom is 0.494 e. The first-order valence-corrected chi connectivity index (χ1v) is 16.5. The Labute approximate surface area is 278 Å². The fraction of sp³-hybridized carbons (Fsp3) is 0.459. The van der Waals surface area contributed by atoms with Crippen molar-refractivity contribution in [2.75, 3.05) is 38.1 Å². The molecule has 2 fully saturated rings. The second kappa shape index (κ2) is 12.6. The highest BCUT2D eigenvalue weighted by Crippen LogP contribution is 2.44. The average Bonchev–Trinajstić information content (AvgIpc) is 3.43. The first-order valence-electron chi connectivity index (χ1n) is 16.5. The Morgan fingerprint density at radius 3 is 2.02 bits per heavy atom. The molecule has 0 radical (unpaired) electrons.